The first kappa shape index (κ1) is 9.74. The van der Waals surface area contributed by atoms with Gasteiger partial charge >= 0.3 is 0 Å². The topological polar surface area (TPSA) is 38.0 Å². The van der Waals surface area contributed by atoms with E-state index in [0.717, 1.165) is 11.3 Å². The molecule has 2 heteroatoms. The lowest BCUT2D eigenvalue weighted by atomic mass is 9.99. The molecule has 0 saturated heterocycles. The van der Waals surface area contributed by atoms with Crippen LogP contribution in [0.4, 0.5) is 5.69 Å². The van der Waals surface area contributed by atoms with Crippen LogP contribution in [-0.2, 0) is 0 Å². The predicted molar refractivity (Wildman–Crippen MR) is 64.4 cm³/mol. The Kier molecular flexibility index (Phi) is 2.70. The van der Waals surface area contributed by atoms with Crippen molar-refractivity contribution in [3.8, 4) is 11.1 Å². The van der Waals surface area contributed by atoms with Crippen molar-refractivity contribution >= 4 is 5.69 Å². The number of para-hydroxylation sites is 1. The van der Waals surface area contributed by atoms with Gasteiger partial charge in [0.25, 0.3) is 0 Å². The maximum absolute atomic E-state index is 5.49. The van der Waals surface area contributed by atoms with Crippen LogP contribution >= 0.6 is 0 Å². The molecule has 15 heavy (non-hydrogen) atoms. The van der Waals surface area contributed by atoms with Crippen LogP contribution in [-0.4, -0.2) is 0 Å². The Morgan fingerprint density at radius 1 is 0.867 bits per heavy atom. The molecule has 2 nitrogen and oxygen atoms in total. The minimum atomic E-state index is 0.951. The van der Waals surface area contributed by atoms with E-state index in [1.165, 1.54) is 11.1 Å². The van der Waals surface area contributed by atoms with Gasteiger partial charge in [0.05, 0.1) is 5.69 Å². The van der Waals surface area contributed by atoms with E-state index in [-0.39, 0.29) is 0 Å². The van der Waals surface area contributed by atoms with Gasteiger partial charge in [-0.3, -0.25) is 5.84 Å². The number of nitrogens with two attached hydrogens (primary N) is 1. The normalized spacial score (nSPS) is 10.0. The number of anilines is 1. The Hall–Kier alpha value is -1.80. The number of hydrogen-bond acceptors (Lipinski definition) is 2. The highest BCUT2D eigenvalue weighted by atomic mass is 15.2. The summed E-state index contributed by atoms with van der Waals surface area (Å²) in [5.74, 6) is 5.49. The van der Waals surface area contributed by atoms with Crippen molar-refractivity contribution < 1.29 is 0 Å². The SMILES string of the molecule is Cc1ccccc1-c1ccccc1NN. The summed E-state index contributed by atoms with van der Waals surface area (Å²) < 4.78 is 0. The largest absolute Gasteiger partial charge is 0.324 e. The Morgan fingerprint density at radius 3 is 2.13 bits per heavy atom. The molecule has 0 aromatic heterocycles. The molecule has 2 aromatic rings. The fourth-order valence-corrected chi connectivity index (χ4v) is 1.72. The molecule has 3 N–H and O–H groups in total. The quantitative estimate of drug-likeness (QED) is 0.575. The predicted octanol–water partition coefficient (Wildman–Crippen LogP) is 2.95. The first-order valence-electron chi connectivity index (χ1n) is 4.94. The summed E-state index contributed by atoms with van der Waals surface area (Å²) in [6, 6.07) is 16.3. The molecule has 0 heterocycles. The highest BCUT2D eigenvalue weighted by Crippen LogP contribution is 2.29. The standard InChI is InChI=1S/C13H14N2/c1-10-6-2-3-7-11(10)12-8-4-5-9-13(12)15-14/h2-9,15H,14H2,1H3. The van der Waals surface area contributed by atoms with Gasteiger partial charge in [0.15, 0.2) is 0 Å². The summed E-state index contributed by atoms with van der Waals surface area (Å²) in [7, 11) is 0. The maximum Gasteiger partial charge on any atom is 0.0563 e. The van der Waals surface area contributed by atoms with E-state index in [2.05, 4.69) is 30.5 Å². The zero-order chi connectivity index (χ0) is 10.7. The van der Waals surface area contributed by atoms with Crippen LogP contribution in [0.1, 0.15) is 5.56 Å². The molecule has 0 spiro atoms. The van der Waals surface area contributed by atoms with Crippen LogP contribution < -0.4 is 11.3 Å². The van der Waals surface area contributed by atoms with E-state index in [0.29, 0.717) is 0 Å². The van der Waals surface area contributed by atoms with Crippen molar-refractivity contribution in [2.24, 2.45) is 5.84 Å². The van der Waals surface area contributed by atoms with Crippen LogP contribution in [0.3, 0.4) is 0 Å². The Bertz CT molecular complexity index is 464. The van der Waals surface area contributed by atoms with Gasteiger partial charge in [0.2, 0.25) is 0 Å². The molecule has 0 bridgehead atoms. The number of hydrazine groups is 1. The number of hydrogen-bond donors (Lipinski definition) is 2. The number of nitrogen functional groups attached to an aromatic ring is 1. The van der Waals surface area contributed by atoms with Gasteiger partial charge in [-0.1, -0.05) is 42.5 Å². The van der Waals surface area contributed by atoms with Gasteiger partial charge in [0.1, 0.15) is 0 Å². The Balaban J connectivity index is 2.59. The van der Waals surface area contributed by atoms with Crippen LogP contribution in [0.25, 0.3) is 11.1 Å². The summed E-state index contributed by atoms with van der Waals surface area (Å²) >= 11 is 0. The zero-order valence-electron chi connectivity index (χ0n) is 8.70. The van der Waals surface area contributed by atoms with Crippen LogP contribution in [0.2, 0.25) is 0 Å². The average Bonchev–Trinajstić information content (AvgIpc) is 2.30. The van der Waals surface area contributed by atoms with Crippen molar-refractivity contribution in [3.05, 3.63) is 54.1 Å². The first-order valence-corrected chi connectivity index (χ1v) is 4.94. The summed E-state index contributed by atoms with van der Waals surface area (Å²) in [5.41, 5.74) is 7.27. The Morgan fingerprint density at radius 2 is 1.47 bits per heavy atom. The van der Waals surface area contributed by atoms with Crippen molar-refractivity contribution in [1.29, 1.82) is 0 Å². The molecule has 0 radical (unpaired) electrons. The molecule has 2 aromatic carbocycles. The van der Waals surface area contributed by atoms with E-state index < -0.39 is 0 Å². The molecular weight excluding hydrogens is 184 g/mol. The summed E-state index contributed by atoms with van der Waals surface area (Å²) in [4.78, 5) is 0. The molecule has 0 aliphatic carbocycles. The van der Waals surface area contributed by atoms with E-state index in [1.807, 2.05) is 30.3 Å². The molecule has 0 aliphatic rings. The summed E-state index contributed by atoms with van der Waals surface area (Å²) in [5, 5.41) is 0. The van der Waals surface area contributed by atoms with Gasteiger partial charge in [-0.2, -0.15) is 0 Å². The molecule has 0 amide bonds. The van der Waals surface area contributed by atoms with Crippen molar-refractivity contribution in [2.45, 2.75) is 6.92 Å². The molecule has 2 rings (SSSR count). The van der Waals surface area contributed by atoms with Crippen LogP contribution in [0.15, 0.2) is 48.5 Å². The maximum atomic E-state index is 5.49. The minimum Gasteiger partial charge on any atom is -0.324 e. The lowest BCUT2D eigenvalue weighted by Crippen LogP contribution is -2.07. The van der Waals surface area contributed by atoms with E-state index in [9.17, 15) is 0 Å². The van der Waals surface area contributed by atoms with Gasteiger partial charge in [-0.15, -0.1) is 0 Å². The second kappa shape index (κ2) is 4.15. The Labute approximate surface area is 89.7 Å². The summed E-state index contributed by atoms with van der Waals surface area (Å²) in [6.07, 6.45) is 0. The fraction of sp³-hybridized carbons (Fsp3) is 0.0769. The molecule has 0 atom stereocenters. The highest BCUT2D eigenvalue weighted by Gasteiger charge is 2.04. The van der Waals surface area contributed by atoms with E-state index in [1.54, 1.807) is 0 Å². The summed E-state index contributed by atoms with van der Waals surface area (Å²) in [6.45, 7) is 2.10. The van der Waals surface area contributed by atoms with Gasteiger partial charge < -0.3 is 5.43 Å². The molecule has 0 aliphatic heterocycles. The second-order valence-corrected chi connectivity index (χ2v) is 3.50. The van der Waals surface area contributed by atoms with Gasteiger partial charge in [-0.05, 0) is 24.1 Å². The minimum absolute atomic E-state index is 0.951. The molecule has 0 fully saturated rings. The lowest BCUT2D eigenvalue weighted by molar-refractivity contribution is 1.34. The molecule has 76 valence electrons. The number of benzene rings is 2. The highest BCUT2D eigenvalue weighted by molar-refractivity contribution is 5.79. The third kappa shape index (κ3) is 1.85. The third-order valence-electron chi connectivity index (χ3n) is 2.52. The number of aryl methyl sites for hydroxylation is 1. The lowest BCUT2D eigenvalue weighted by Gasteiger charge is -2.10. The monoisotopic (exact) mass is 198 g/mol. The zero-order valence-corrected chi connectivity index (χ0v) is 8.70. The van der Waals surface area contributed by atoms with Crippen molar-refractivity contribution in [3.63, 3.8) is 0 Å². The van der Waals surface area contributed by atoms with Crippen LogP contribution in [0.5, 0.6) is 0 Å². The van der Waals surface area contributed by atoms with Crippen molar-refractivity contribution in [1.82, 2.24) is 0 Å². The number of nitrogens with one attached hydrogen (secondary N) is 1. The molecule has 0 saturated carbocycles. The third-order valence-corrected chi connectivity index (χ3v) is 2.52. The molecular formula is C13H14N2. The van der Waals surface area contributed by atoms with Crippen LogP contribution in [0, 0.1) is 6.92 Å². The number of rotatable bonds is 2. The molecule has 0 unspecified atom stereocenters. The fourth-order valence-electron chi connectivity index (χ4n) is 1.72. The van der Waals surface area contributed by atoms with E-state index in [4.69, 9.17) is 5.84 Å². The van der Waals surface area contributed by atoms with Gasteiger partial charge in [0, 0.05) is 5.56 Å². The van der Waals surface area contributed by atoms with Gasteiger partial charge in [-0.25, -0.2) is 0 Å². The first-order chi connectivity index (χ1) is 7.33. The van der Waals surface area contributed by atoms with E-state index >= 15 is 0 Å². The van der Waals surface area contributed by atoms with Crippen molar-refractivity contribution in [2.75, 3.05) is 5.43 Å². The average molecular weight is 198 g/mol. The second-order valence-electron chi connectivity index (χ2n) is 3.50. The smallest absolute Gasteiger partial charge is 0.0563 e.